The van der Waals surface area contributed by atoms with E-state index in [0.29, 0.717) is 10.8 Å². The number of aromatic hydroxyl groups is 2. The molecule has 0 amide bonds. The van der Waals surface area contributed by atoms with Crippen LogP contribution < -0.4 is 5.43 Å². The maximum Gasteiger partial charge on any atom is 0.311 e. The lowest BCUT2D eigenvalue weighted by Gasteiger charge is -2.01. The van der Waals surface area contributed by atoms with Gasteiger partial charge in [-0.05, 0) is 13.0 Å². The van der Waals surface area contributed by atoms with Crippen LogP contribution in [0.25, 0.3) is 0 Å². The van der Waals surface area contributed by atoms with Crippen LogP contribution in [0.5, 0.6) is 11.5 Å². The number of phenols is 2. The maximum absolute atomic E-state index is 11.4. The zero-order chi connectivity index (χ0) is 18.4. The molecule has 3 N–H and O–H groups in total. The van der Waals surface area contributed by atoms with Crippen LogP contribution in [0, 0.1) is 10.1 Å². The van der Waals surface area contributed by atoms with Gasteiger partial charge in [-0.3, -0.25) is 20.3 Å². The summed E-state index contributed by atoms with van der Waals surface area (Å²) in [6, 6.07) is 1.85. The average molecular weight is 366 g/mol. The van der Waals surface area contributed by atoms with Crippen molar-refractivity contribution in [3.63, 3.8) is 0 Å². The molecule has 2 aromatic rings. The normalized spacial score (nSPS) is 10.8. The summed E-state index contributed by atoms with van der Waals surface area (Å²) in [6.45, 7) is 2.00. The smallest absolute Gasteiger partial charge is 0.311 e. The quantitative estimate of drug-likeness (QED) is 0.222. The van der Waals surface area contributed by atoms with E-state index in [-0.39, 0.29) is 18.6 Å². The fourth-order valence-corrected chi connectivity index (χ4v) is 2.46. The Morgan fingerprint density at radius 1 is 1.48 bits per heavy atom. The summed E-state index contributed by atoms with van der Waals surface area (Å²) in [7, 11) is 0. The largest absolute Gasteiger partial charge is 0.504 e. The van der Waals surface area contributed by atoms with Gasteiger partial charge in [-0.15, -0.1) is 11.3 Å². The van der Waals surface area contributed by atoms with Crippen molar-refractivity contribution in [2.45, 2.75) is 13.3 Å². The summed E-state index contributed by atoms with van der Waals surface area (Å²) >= 11 is 1.19. The first-order chi connectivity index (χ1) is 11.9. The Morgan fingerprint density at radius 3 is 2.88 bits per heavy atom. The van der Waals surface area contributed by atoms with E-state index in [9.17, 15) is 25.1 Å². The van der Waals surface area contributed by atoms with Crippen LogP contribution in [-0.2, 0) is 16.0 Å². The molecule has 10 nitrogen and oxygen atoms in total. The topological polar surface area (TPSA) is 147 Å². The molecule has 0 aliphatic rings. The Balaban J connectivity index is 2.07. The summed E-state index contributed by atoms with van der Waals surface area (Å²) in [6.07, 6.45) is 1.15. The number of rotatable bonds is 7. The number of hydrazone groups is 1. The molecule has 0 fully saturated rings. The molecule has 0 aliphatic carbocycles. The molecule has 0 atom stereocenters. The van der Waals surface area contributed by atoms with Crippen molar-refractivity contribution in [2.24, 2.45) is 5.10 Å². The van der Waals surface area contributed by atoms with Crippen molar-refractivity contribution in [1.82, 2.24) is 4.98 Å². The van der Waals surface area contributed by atoms with Gasteiger partial charge in [0.2, 0.25) is 5.13 Å². The van der Waals surface area contributed by atoms with Gasteiger partial charge in [0, 0.05) is 5.38 Å². The average Bonchev–Trinajstić information content (AvgIpc) is 2.97. The number of thiazole rings is 1. The third-order valence-electron chi connectivity index (χ3n) is 2.87. The number of phenolic OH excluding ortho intramolecular Hbond substituents is 2. The van der Waals surface area contributed by atoms with Gasteiger partial charge in [0.15, 0.2) is 11.5 Å². The number of nitrogens with one attached hydrogen (secondary N) is 1. The number of hydrogen-bond acceptors (Lipinski definition) is 10. The van der Waals surface area contributed by atoms with E-state index in [2.05, 4.69) is 15.5 Å². The van der Waals surface area contributed by atoms with Crippen LogP contribution in [0.3, 0.4) is 0 Å². The van der Waals surface area contributed by atoms with E-state index < -0.39 is 28.1 Å². The van der Waals surface area contributed by atoms with Crippen molar-refractivity contribution in [3.8, 4) is 11.5 Å². The van der Waals surface area contributed by atoms with E-state index in [0.717, 1.165) is 18.3 Å². The third-order valence-corrected chi connectivity index (χ3v) is 3.66. The molecule has 1 aromatic carbocycles. The Labute approximate surface area is 145 Å². The number of hydrogen-bond donors (Lipinski definition) is 3. The highest BCUT2D eigenvalue weighted by Crippen LogP contribution is 2.31. The van der Waals surface area contributed by atoms with Crippen LogP contribution in [0.4, 0.5) is 10.8 Å². The monoisotopic (exact) mass is 366 g/mol. The van der Waals surface area contributed by atoms with Gasteiger partial charge >= 0.3 is 5.97 Å². The van der Waals surface area contributed by atoms with Crippen molar-refractivity contribution in [2.75, 3.05) is 12.0 Å². The number of anilines is 1. The maximum atomic E-state index is 11.4. The number of ether oxygens (including phenoxy) is 1. The number of nitro groups is 1. The molecule has 0 bridgehead atoms. The lowest BCUT2D eigenvalue weighted by atomic mass is 10.1. The lowest BCUT2D eigenvalue weighted by molar-refractivity contribution is -0.385. The number of carbonyl (C=O) groups excluding carboxylic acids is 1. The van der Waals surface area contributed by atoms with Gasteiger partial charge in [-0.2, -0.15) is 5.10 Å². The number of nitrogens with zero attached hydrogens (tertiary/aromatic N) is 3. The SMILES string of the molecule is CCOC(=O)Cc1csc(NN=Cc2cc(O)c(O)cc2[N+](=O)[O-])n1. The van der Waals surface area contributed by atoms with E-state index in [4.69, 9.17) is 4.74 Å². The molecule has 0 aliphatic heterocycles. The van der Waals surface area contributed by atoms with Gasteiger partial charge in [0.05, 0.1) is 41.5 Å². The molecule has 1 heterocycles. The fourth-order valence-electron chi connectivity index (χ4n) is 1.80. The highest BCUT2D eigenvalue weighted by Gasteiger charge is 2.16. The Hall–Kier alpha value is -3.21. The van der Waals surface area contributed by atoms with E-state index in [1.165, 1.54) is 11.3 Å². The third kappa shape index (κ3) is 4.88. The number of benzene rings is 1. The number of aromatic nitrogens is 1. The predicted molar refractivity (Wildman–Crippen MR) is 90.1 cm³/mol. The Bertz CT molecular complexity index is 820. The Morgan fingerprint density at radius 2 is 2.20 bits per heavy atom. The molecule has 2 rings (SSSR count). The summed E-state index contributed by atoms with van der Waals surface area (Å²) in [5, 5.41) is 35.6. The first kappa shape index (κ1) is 18.1. The standard InChI is InChI=1S/C14H14N4O6S/c1-2-24-13(21)4-9-7-25-14(16-9)17-15-6-8-3-11(19)12(20)5-10(8)18(22)23/h3,5-7,19-20H,2,4H2,1H3,(H,16,17). The second-order valence-corrected chi connectivity index (χ2v) is 5.51. The summed E-state index contributed by atoms with van der Waals surface area (Å²) in [4.78, 5) is 25.7. The second-order valence-electron chi connectivity index (χ2n) is 4.65. The molecule has 132 valence electrons. The van der Waals surface area contributed by atoms with Gasteiger partial charge in [-0.25, -0.2) is 4.98 Å². The first-order valence-corrected chi connectivity index (χ1v) is 7.88. The molecule has 0 spiro atoms. The van der Waals surface area contributed by atoms with E-state index in [1.807, 2.05) is 0 Å². The second kappa shape index (κ2) is 8.06. The van der Waals surface area contributed by atoms with Gasteiger partial charge in [0.1, 0.15) is 0 Å². The minimum absolute atomic E-state index is 0.00361. The number of carbonyl (C=O) groups is 1. The van der Waals surface area contributed by atoms with Crippen molar-refractivity contribution in [1.29, 1.82) is 0 Å². The zero-order valence-electron chi connectivity index (χ0n) is 13.0. The minimum atomic E-state index is -0.707. The summed E-state index contributed by atoms with van der Waals surface area (Å²) < 4.78 is 4.82. The van der Waals surface area contributed by atoms with Gasteiger partial charge in [0.25, 0.3) is 5.69 Å². The van der Waals surface area contributed by atoms with E-state index in [1.54, 1.807) is 12.3 Å². The molecule has 1 aromatic heterocycles. The van der Waals surface area contributed by atoms with E-state index >= 15 is 0 Å². The molecule has 0 radical (unpaired) electrons. The lowest BCUT2D eigenvalue weighted by Crippen LogP contribution is -2.07. The molecular formula is C14H14N4O6S. The van der Waals surface area contributed by atoms with Crippen LogP contribution in [-0.4, -0.2) is 38.9 Å². The summed E-state index contributed by atoms with van der Waals surface area (Å²) in [5.41, 5.74) is 2.67. The molecule has 0 saturated heterocycles. The van der Waals surface area contributed by atoms with Crippen LogP contribution in [0.2, 0.25) is 0 Å². The van der Waals surface area contributed by atoms with Crippen molar-refractivity contribution >= 4 is 34.3 Å². The minimum Gasteiger partial charge on any atom is -0.504 e. The van der Waals surface area contributed by atoms with Gasteiger partial charge in [-0.1, -0.05) is 0 Å². The van der Waals surface area contributed by atoms with Crippen LogP contribution in [0.15, 0.2) is 22.6 Å². The summed E-state index contributed by atoms with van der Waals surface area (Å²) in [5.74, 6) is -1.49. The molecular weight excluding hydrogens is 352 g/mol. The van der Waals surface area contributed by atoms with Crippen molar-refractivity contribution in [3.05, 3.63) is 38.9 Å². The highest BCUT2D eigenvalue weighted by atomic mass is 32.1. The number of nitro benzene ring substituents is 1. The predicted octanol–water partition coefficient (Wildman–Crippen LogP) is 2.01. The van der Waals surface area contributed by atoms with Crippen LogP contribution in [0.1, 0.15) is 18.2 Å². The Kier molecular flexibility index (Phi) is 5.84. The zero-order valence-corrected chi connectivity index (χ0v) is 13.8. The highest BCUT2D eigenvalue weighted by molar-refractivity contribution is 7.13. The molecule has 0 unspecified atom stereocenters. The molecule has 25 heavy (non-hydrogen) atoms. The van der Waals surface area contributed by atoms with Gasteiger partial charge < -0.3 is 14.9 Å². The van der Waals surface area contributed by atoms with Crippen LogP contribution >= 0.6 is 11.3 Å². The first-order valence-electron chi connectivity index (χ1n) is 7.00. The number of esters is 1. The molecule has 11 heteroatoms. The molecule has 0 saturated carbocycles. The fraction of sp³-hybridized carbons (Fsp3) is 0.214. The van der Waals surface area contributed by atoms with Crippen molar-refractivity contribution < 1.29 is 24.7 Å².